The van der Waals surface area contributed by atoms with Gasteiger partial charge in [0.25, 0.3) is 0 Å². The maximum absolute atomic E-state index is 11.2. The van der Waals surface area contributed by atoms with Crippen molar-refractivity contribution < 1.29 is 9.90 Å². The molecule has 1 aliphatic heterocycles. The van der Waals surface area contributed by atoms with Gasteiger partial charge in [-0.05, 0) is 49.6 Å². The Morgan fingerprint density at radius 2 is 1.48 bits per heavy atom. The van der Waals surface area contributed by atoms with Crippen molar-refractivity contribution in [2.75, 3.05) is 28.6 Å². The summed E-state index contributed by atoms with van der Waals surface area (Å²) in [7, 11) is 0. The van der Waals surface area contributed by atoms with Crippen LogP contribution in [0.5, 0.6) is 0 Å². The summed E-state index contributed by atoms with van der Waals surface area (Å²) in [5, 5.41) is 15.5. The minimum absolute atomic E-state index is 0.197. The third-order valence-corrected chi connectivity index (χ3v) is 4.66. The second-order valence-electron chi connectivity index (χ2n) is 6.83. The molecule has 0 bridgehead atoms. The van der Waals surface area contributed by atoms with Crippen LogP contribution in [0.25, 0.3) is 0 Å². The van der Waals surface area contributed by atoms with Crippen LogP contribution >= 0.6 is 0 Å². The smallest absolute Gasteiger partial charge is 0.335 e. The fourth-order valence-corrected chi connectivity index (χ4v) is 3.22. The number of carboxylic acid groups (broad SMARTS) is 1. The van der Waals surface area contributed by atoms with Gasteiger partial charge in [0.05, 0.1) is 5.56 Å². The Morgan fingerprint density at radius 3 is 2.17 bits per heavy atom. The predicted molar refractivity (Wildman–Crippen MR) is 112 cm³/mol. The standard InChI is InChI=1S/C21H22N6O2/c28-18(29)15-8-7-11-17(14-15)23-20-24-19(22-16-9-3-1-4-10-16)25-21(26-20)27-12-5-2-6-13-27/h1,3-4,7-11,14H,2,5-6,12-13H2,(H,28,29)(H2,22,23,24,25,26). The number of para-hydroxylation sites is 1. The Kier molecular flexibility index (Phi) is 5.51. The number of rotatable bonds is 6. The van der Waals surface area contributed by atoms with Crippen LogP contribution in [0.2, 0.25) is 0 Å². The van der Waals surface area contributed by atoms with Crippen LogP contribution in [0.3, 0.4) is 0 Å². The van der Waals surface area contributed by atoms with Gasteiger partial charge in [-0.1, -0.05) is 24.3 Å². The van der Waals surface area contributed by atoms with Gasteiger partial charge in [-0.15, -0.1) is 0 Å². The van der Waals surface area contributed by atoms with Gasteiger partial charge in [0, 0.05) is 24.5 Å². The summed E-state index contributed by atoms with van der Waals surface area (Å²) in [5.41, 5.74) is 1.68. The number of hydrogen-bond acceptors (Lipinski definition) is 7. The van der Waals surface area contributed by atoms with E-state index in [-0.39, 0.29) is 5.56 Å². The third kappa shape index (κ3) is 4.78. The zero-order valence-corrected chi connectivity index (χ0v) is 15.9. The number of aromatic nitrogens is 3. The van der Waals surface area contributed by atoms with Gasteiger partial charge in [-0.2, -0.15) is 15.0 Å². The Hall–Kier alpha value is -3.68. The molecule has 8 nitrogen and oxygen atoms in total. The van der Waals surface area contributed by atoms with Crippen LogP contribution in [0.1, 0.15) is 29.6 Å². The van der Waals surface area contributed by atoms with Gasteiger partial charge >= 0.3 is 5.97 Å². The molecule has 0 amide bonds. The number of nitrogens with one attached hydrogen (secondary N) is 2. The molecule has 148 valence electrons. The highest BCUT2D eigenvalue weighted by Crippen LogP contribution is 2.23. The van der Waals surface area contributed by atoms with E-state index >= 15 is 0 Å². The maximum Gasteiger partial charge on any atom is 0.335 e. The second kappa shape index (κ2) is 8.55. The number of hydrogen-bond donors (Lipinski definition) is 3. The van der Waals surface area contributed by atoms with E-state index in [1.807, 2.05) is 30.3 Å². The Labute approximate surface area is 168 Å². The highest BCUT2D eigenvalue weighted by Gasteiger charge is 2.17. The van der Waals surface area contributed by atoms with Crippen LogP contribution in [-0.4, -0.2) is 39.1 Å². The lowest BCUT2D eigenvalue weighted by Gasteiger charge is -2.27. The Balaban J connectivity index is 1.65. The van der Waals surface area contributed by atoms with Crippen molar-refractivity contribution in [1.29, 1.82) is 0 Å². The summed E-state index contributed by atoms with van der Waals surface area (Å²) < 4.78 is 0. The van der Waals surface area contributed by atoms with Crippen molar-refractivity contribution in [2.45, 2.75) is 19.3 Å². The van der Waals surface area contributed by atoms with Crippen molar-refractivity contribution in [1.82, 2.24) is 15.0 Å². The molecule has 3 aromatic rings. The highest BCUT2D eigenvalue weighted by atomic mass is 16.4. The number of carboxylic acids is 1. The first kappa shape index (κ1) is 18.7. The van der Waals surface area contributed by atoms with Crippen molar-refractivity contribution in [3.63, 3.8) is 0 Å². The van der Waals surface area contributed by atoms with Gasteiger partial charge < -0.3 is 20.6 Å². The topological polar surface area (TPSA) is 103 Å². The van der Waals surface area contributed by atoms with Crippen LogP contribution in [-0.2, 0) is 0 Å². The number of aromatic carboxylic acids is 1. The molecule has 1 saturated heterocycles. The molecule has 0 spiro atoms. The summed E-state index contributed by atoms with van der Waals surface area (Å²) in [4.78, 5) is 27.0. The predicted octanol–water partition coefficient (Wildman–Crippen LogP) is 4.05. The summed E-state index contributed by atoms with van der Waals surface area (Å²) in [6.45, 7) is 1.81. The molecule has 0 unspecified atom stereocenters. The van der Waals surface area contributed by atoms with Crippen LogP contribution < -0.4 is 15.5 Å². The van der Waals surface area contributed by atoms with Crippen molar-refractivity contribution in [3.05, 3.63) is 60.2 Å². The van der Waals surface area contributed by atoms with Crippen LogP contribution in [0, 0.1) is 0 Å². The Bertz CT molecular complexity index is 989. The SMILES string of the molecule is O=C(O)c1cccc(Nc2nc(Nc3ccccc3)nc(N3CCCCC3)n2)c1. The molecular formula is C21H22N6O2. The van der Waals surface area contributed by atoms with Gasteiger partial charge in [-0.25, -0.2) is 4.79 Å². The monoisotopic (exact) mass is 390 g/mol. The van der Waals surface area contributed by atoms with Crippen molar-refractivity contribution in [2.24, 2.45) is 0 Å². The number of anilines is 5. The lowest BCUT2D eigenvalue weighted by atomic mass is 10.1. The molecule has 1 fully saturated rings. The molecule has 8 heteroatoms. The van der Waals surface area contributed by atoms with Crippen LogP contribution in [0.15, 0.2) is 54.6 Å². The van der Waals surface area contributed by atoms with E-state index < -0.39 is 5.97 Å². The third-order valence-electron chi connectivity index (χ3n) is 4.66. The summed E-state index contributed by atoms with van der Waals surface area (Å²) >= 11 is 0. The second-order valence-corrected chi connectivity index (χ2v) is 6.83. The minimum Gasteiger partial charge on any atom is -0.478 e. The molecule has 1 aromatic heterocycles. The van der Waals surface area contributed by atoms with Crippen molar-refractivity contribution in [3.8, 4) is 0 Å². The summed E-state index contributed by atoms with van der Waals surface area (Å²) in [6.07, 6.45) is 3.43. The van der Waals surface area contributed by atoms with Gasteiger partial charge in [0.1, 0.15) is 0 Å². The lowest BCUT2D eigenvalue weighted by Crippen LogP contribution is -2.31. The molecule has 4 rings (SSSR count). The molecule has 3 N–H and O–H groups in total. The normalized spacial score (nSPS) is 13.7. The van der Waals surface area contributed by atoms with E-state index in [9.17, 15) is 9.90 Å². The first-order chi connectivity index (χ1) is 14.2. The van der Waals surface area contributed by atoms with E-state index in [2.05, 4.69) is 30.5 Å². The highest BCUT2D eigenvalue weighted by molar-refractivity contribution is 5.89. The fourth-order valence-electron chi connectivity index (χ4n) is 3.22. The lowest BCUT2D eigenvalue weighted by molar-refractivity contribution is 0.0697. The van der Waals surface area contributed by atoms with Crippen molar-refractivity contribution >= 4 is 35.2 Å². The van der Waals surface area contributed by atoms with E-state index in [1.165, 1.54) is 6.42 Å². The molecule has 0 saturated carbocycles. The molecule has 0 radical (unpaired) electrons. The average molecular weight is 390 g/mol. The molecule has 1 aliphatic rings. The summed E-state index contributed by atoms with van der Waals surface area (Å²) in [6, 6.07) is 16.3. The number of benzene rings is 2. The number of nitrogens with zero attached hydrogens (tertiary/aromatic N) is 4. The molecule has 0 aliphatic carbocycles. The summed E-state index contributed by atoms with van der Waals surface area (Å²) in [5.74, 6) is 0.421. The van der Waals surface area contributed by atoms with Gasteiger partial charge in [0.15, 0.2) is 0 Å². The first-order valence-corrected chi connectivity index (χ1v) is 9.61. The van der Waals surface area contributed by atoms with E-state index in [4.69, 9.17) is 0 Å². The van der Waals surface area contributed by atoms with E-state index in [0.717, 1.165) is 31.6 Å². The minimum atomic E-state index is -0.982. The molecular weight excluding hydrogens is 368 g/mol. The maximum atomic E-state index is 11.2. The van der Waals surface area contributed by atoms with Gasteiger partial charge in [0.2, 0.25) is 17.8 Å². The van der Waals surface area contributed by atoms with Gasteiger partial charge in [-0.3, -0.25) is 0 Å². The quantitative estimate of drug-likeness (QED) is 0.579. The van der Waals surface area contributed by atoms with Crippen LogP contribution in [0.4, 0.5) is 29.2 Å². The largest absolute Gasteiger partial charge is 0.478 e. The van der Waals surface area contributed by atoms with E-state index in [0.29, 0.717) is 23.5 Å². The zero-order chi connectivity index (χ0) is 20.1. The number of piperidine rings is 1. The zero-order valence-electron chi connectivity index (χ0n) is 15.9. The molecule has 29 heavy (non-hydrogen) atoms. The average Bonchev–Trinajstić information content (AvgIpc) is 2.75. The first-order valence-electron chi connectivity index (χ1n) is 9.61. The molecule has 2 heterocycles. The Morgan fingerprint density at radius 1 is 0.828 bits per heavy atom. The molecule has 0 atom stereocenters. The number of carbonyl (C=O) groups is 1. The molecule has 2 aromatic carbocycles. The fraction of sp³-hybridized carbons (Fsp3) is 0.238. The van der Waals surface area contributed by atoms with E-state index in [1.54, 1.807) is 24.3 Å².